The lowest BCUT2D eigenvalue weighted by atomic mass is 9.87. The van der Waals surface area contributed by atoms with Gasteiger partial charge in [-0.3, -0.25) is 10.1 Å². The lowest BCUT2D eigenvalue weighted by Crippen LogP contribution is -2.37. The molecular formula is C11H17N3O3. The molecule has 0 aromatic carbocycles. The number of hydrogen-bond donors (Lipinski definition) is 2. The van der Waals surface area contributed by atoms with Gasteiger partial charge in [0.25, 0.3) is 0 Å². The number of pyridine rings is 1. The largest absolute Gasteiger partial charge is 0.394 e. The van der Waals surface area contributed by atoms with E-state index in [-0.39, 0.29) is 29.6 Å². The number of rotatable bonds is 4. The van der Waals surface area contributed by atoms with Crippen molar-refractivity contribution in [3.63, 3.8) is 0 Å². The third-order valence-electron chi connectivity index (χ3n) is 2.52. The van der Waals surface area contributed by atoms with E-state index >= 15 is 0 Å². The van der Waals surface area contributed by atoms with Crippen LogP contribution < -0.4 is 5.32 Å². The minimum atomic E-state index is -0.494. The molecule has 0 saturated heterocycles. The van der Waals surface area contributed by atoms with Crippen molar-refractivity contribution in [3.05, 3.63) is 28.4 Å². The molecule has 0 bridgehead atoms. The van der Waals surface area contributed by atoms with Gasteiger partial charge in [0.1, 0.15) is 0 Å². The van der Waals surface area contributed by atoms with Gasteiger partial charge < -0.3 is 10.4 Å². The highest BCUT2D eigenvalue weighted by Crippen LogP contribution is 2.26. The number of nitrogens with zero attached hydrogens (tertiary/aromatic N) is 2. The van der Waals surface area contributed by atoms with Crippen LogP contribution in [0.3, 0.4) is 0 Å². The van der Waals surface area contributed by atoms with Crippen molar-refractivity contribution in [3.8, 4) is 0 Å². The molecule has 0 saturated carbocycles. The Hall–Kier alpha value is -1.69. The van der Waals surface area contributed by atoms with Crippen LogP contribution in [0.5, 0.6) is 0 Å². The van der Waals surface area contributed by atoms with Crippen molar-refractivity contribution < 1.29 is 10.0 Å². The Labute approximate surface area is 99.8 Å². The van der Waals surface area contributed by atoms with E-state index in [1.165, 1.54) is 18.3 Å². The van der Waals surface area contributed by atoms with Gasteiger partial charge in [0.2, 0.25) is 5.82 Å². The fourth-order valence-electron chi connectivity index (χ4n) is 1.36. The molecule has 1 aromatic heterocycles. The number of nitro groups is 1. The molecule has 0 radical (unpaired) electrons. The van der Waals surface area contributed by atoms with Gasteiger partial charge in [0.15, 0.2) is 0 Å². The summed E-state index contributed by atoms with van der Waals surface area (Å²) in [4.78, 5) is 14.2. The van der Waals surface area contributed by atoms with Crippen molar-refractivity contribution >= 4 is 11.5 Å². The van der Waals surface area contributed by atoms with Crippen molar-refractivity contribution in [2.24, 2.45) is 5.41 Å². The minimum absolute atomic E-state index is 0.0878. The molecule has 2 N–H and O–H groups in total. The van der Waals surface area contributed by atoms with Crippen molar-refractivity contribution in [2.75, 3.05) is 11.9 Å². The summed E-state index contributed by atoms with van der Waals surface area (Å²) in [6, 6.07) is 2.59. The lowest BCUT2D eigenvalue weighted by molar-refractivity contribution is -0.384. The first-order valence-electron chi connectivity index (χ1n) is 5.33. The molecule has 17 heavy (non-hydrogen) atoms. The standard InChI is InChI=1S/C11H17N3O3/c1-11(2,3)9(7-15)13-10-8(14(16)17)5-4-6-12-10/h4-6,9,15H,7H2,1-3H3,(H,12,13)/t9-/m0/s1. The van der Waals surface area contributed by atoms with Gasteiger partial charge in [-0.1, -0.05) is 20.8 Å². The predicted molar refractivity (Wildman–Crippen MR) is 64.8 cm³/mol. The molecule has 1 heterocycles. The zero-order chi connectivity index (χ0) is 13.1. The maximum absolute atomic E-state index is 10.8. The van der Waals surface area contributed by atoms with Crippen LogP contribution in [0.4, 0.5) is 11.5 Å². The van der Waals surface area contributed by atoms with Gasteiger partial charge in [0.05, 0.1) is 17.6 Å². The molecule has 0 spiro atoms. The molecule has 0 unspecified atom stereocenters. The second-order valence-electron chi connectivity index (χ2n) is 4.87. The van der Waals surface area contributed by atoms with Gasteiger partial charge in [-0.25, -0.2) is 4.98 Å². The van der Waals surface area contributed by atoms with E-state index in [9.17, 15) is 15.2 Å². The van der Waals surface area contributed by atoms with Gasteiger partial charge in [-0.05, 0) is 11.5 Å². The predicted octanol–water partition coefficient (Wildman–Crippen LogP) is 1.81. The fraction of sp³-hybridized carbons (Fsp3) is 0.545. The number of nitrogens with one attached hydrogen (secondary N) is 1. The van der Waals surface area contributed by atoms with Crippen LogP contribution in [-0.2, 0) is 0 Å². The van der Waals surface area contributed by atoms with Gasteiger partial charge in [0, 0.05) is 12.3 Å². The Kier molecular flexibility index (Phi) is 4.01. The first-order chi connectivity index (χ1) is 7.86. The lowest BCUT2D eigenvalue weighted by Gasteiger charge is -2.29. The summed E-state index contributed by atoms with van der Waals surface area (Å²) in [5.41, 5.74) is -0.310. The van der Waals surface area contributed by atoms with E-state index in [1.807, 2.05) is 20.8 Å². The van der Waals surface area contributed by atoms with Crippen molar-refractivity contribution in [1.82, 2.24) is 4.98 Å². The second kappa shape index (κ2) is 5.09. The minimum Gasteiger partial charge on any atom is -0.394 e. The van der Waals surface area contributed by atoms with Crippen LogP contribution in [0, 0.1) is 15.5 Å². The molecule has 0 aliphatic carbocycles. The van der Waals surface area contributed by atoms with E-state index in [1.54, 1.807) is 0 Å². The maximum Gasteiger partial charge on any atom is 0.311 e. The monoisotopic (exact) mass is 239 g/mol. The summed E-state index contributed by atoms with van der Waals surface area (Å²) in [7, 11) is 0. The molecule has 0 aliphatic heterocycles. The first kappa shape index (κ1) is 13.4. The normalized spacial score (nSPS) is 13.2. The Morgan fingerprint density at radius 1 is 1.59 bits per heavy atom. The van der Waals surface area contributed by atoms with Crippen LogP contribution in [0.25, 0.3) is 0 Å². The number of aromatic nitrogens is 1. The summed E-state index contributed by atoms with van der Waals surface area (Å²) in [5.74, 6) is 0.187. The number of anilines is 1. The molecule has 0 amide bonds. The Morgan fingerprint density at radius 2 is 2.24 bits per heavy atom. The summed E-state index contributed by atoms with van der Waals surface area (Å²) < 4.78 is 0. The summed E-state index contributed by atoms with van der Waals surface area (Å²) in [6.45, 7) is 5.71. The van der Waals surface area contributed by atoms with Crippen LogP contribution in [-0.4, -0.2) is 27.7 Å². The van der Waals surface area contributed by atoms with Crippen LogP contribution in [0.2, 0.25) is 0 Å². The number of aliphatic hydroxyl groups is 1. The van der Waals surface area contributed by atoms with E-state index in [0.717, 1.165) is 0 Å². The smallest absolute Gasteiger partial charge is 0.311 e. The first-order valence-corrected chi connectivity index (χ1v) is 5.33. The number of aliphatic hydroxyl groups excluding tert-OH is 1. The molecule has 0 aliphatic rings. The van der Waals surface area contributed by atoms with E-state index < -0.39 is 4.92 Å². The zero-order valence-electron chi connectivity index (χ0n) is 10.2. The van der Waals surface area contributed by atoms with E-state index in [4.69, 9.17) is 0 Å². The highest BCUT2D eigenvalue weighted by molar-refractivity contribution is 5.55. The van der Waals surface area contributed by atoms with Gasteiger partial charge in [-0.15, -0.1) is 0 Å². The molecule has 6 nitrogen and oxygen atoms in total. The van der Waals surface area contributed by atoms with Gasteiger partial charge >= 0.3 is 5.69 Å². The number of hydrogen-bond acceptors (Lipinski definition) is 5. The average Bonchev–Trinajstić information content (AvgIpc) is 2.24. The quantitative estimate of drug-likeness (QED) is 0.618. The Bertz CT molecular complexity index is 401. The van der Waals surface area contributed by atoms with Crippen molar-refractivity contribution in [2.45, 2.75) is 26.8 Å². The highest BCUT2D eigenvalue weighted by atomic mass is 16.6. The second-order valence-corrected chi connectivity index (χ2v) is 4.87. The molecular weight excluding hydrogens is 222 g/mol. The van der Waals surface area contributed by atoms with Crippen LogP contribution in [0.15, 0.2) is 18.3 Å². The zero-order valence-corrected chi connectivity index (χ0v) is 10.2. The topological polar surface area (TPSA) is 88.3 Å². The molecule has 6 heteroatoms. The average molecular weight is 239 g/mol. The SMILES string of the molecule is CC(C)(C)[C@H](CO)Nc1ncccc1[N+](=O)[O-]. The summed E-state index contributed by atoms with van der Waals surface area (Å²) in [6.07, 6.45) is 1.48. The van der Waals surface area contributed by atoms with Crippen molar-refractivity contribution in [1.29, 1.82) is 0 Å². The van der Waals surface area contributed by atoms with Crippen LogP contribution in [0.1, 0.15) is 20.8 Å². The third-order valence-corrected chi connectivity index (χ3v) is 2.52. The third kappa shape index (κ3) is 3.39. The molecule has 1 atom stereocenters. The summed E-state index contributed by atoms with van der Waals surface area (Å²) >= 11 is 0. The highest BCUT2D eigenvalue weighted by Gasteiger charge is 2.26. The molecule has 1 aromatic rings. The van der Waals surface area contributed by atoms with Gasteiger partial charge in [-0.2, -0.15) is 0 Å². The maximum atomic E-state index is 10.8. The molecule has 0 fully saturated rings. The Morgan fingerprint density at radius 3 is 2.71 bits per heavy atom. The van der Waals surface area contributed by atoms with E-state index in [2.05, 4.69) is 10.3 Å². The van der Waals surface area contributed by atoms with E-state index in [0.29, 0.717) is 0 Å². The van der Waals surface area contributed by atoms with Crippen LogP contribution >= 0.6 is 0 Å². The Balaban J connectivity index is 2.98. The summed E-state index contributed by atoms with van der Waals surface area (Å²) in [5, 5.41) is 23.0. The molecule has 1 rings (SSSR count). The fourth-order valence-corrected chi connectivity index (χ4v) is 1.36. The molecule has 94 valence electrons.